The molecule has 0 aliphatic carbocycles. The number of amides is 1. The standard InChI is InChI=1S/C25H35N5O2/c1-19-6-9-26-24(14-19)27-22-7-10-30(11-8-22)25(32)21-5-3-4-20(15-21)16-29-13-12-28(2)23(17-29)18-31/h3-6,9,14-15,22-23,31H,7-8,10-13,16-18H2,1-2H3,(H,26,27). The fourth-order valence-corrected chi connectivity index (χ4v) is 4.65. The van der Waals surface area contributed by atoms with Crippen molar-refractivity contribution in [2.45, 2.75) is 38.4 Å². The molecule has 2 aliphatic heterocycles. The summed E-state index contributed by atoms with van der Waals surface area (Å²) in [4.78, 5) is 24.1. The van der Waals surface area contributed by atoms with E-state index in [-0.39, 0.29) is 18.6 Å². The maximum atomic E-state index is 13.1. The summed E-state index contributed by atoms with van der Waals surface area (Å²) in [5.74, 6) is 1.03. The van der Waals surface area contributed by atoms with Crippen molar-refractivity contribution in [2.75, 3.05) is 51.7 Å². The lowest BCUT2D eigenvalue weighted by Crippen LogP contribution is -2.52. The zero-order chi connectivity index (χ0) is 22.5. The Hall–Kier alpha value is -2.48. The van der Waals surface area contributed by atoms with Gasteiger partial charge >= 0.3 is 0 Å². The van der Waals surface area contributed by atoms with Crippen LogP contribution in [-0.2, 0) is 6.54 Å². The van der Waals surface area contributed by atoms with Gasteiger partial charge in [-0.25, -0.2) is 4.98 Å². The molecule has 1 aromatic heterocycles. The molecule has 172 valence electrons. The summed E-state index contributed by atoms with van der Waals surface area (Å²) in [6.45, 7) is 7.33. The van der Waals surface area contributed by atoms with Crippen molar-refractivity contribution >= 4 is 11.7 Å². The summed E-state index contributed by atoms with van der Waals surface area (Å²) in [7, 11) is 2.06. The fraction of sp³-hybridized carbons (Fsp3) is 0.520. The summed E-state index contributed by atoms with van der Waals surface area (Å²) in [5, 5.41) is 13.1. The highest BCUT2D eigenvalue weighted by molar-refractivity contribution is 5.94. The van der Waals surface area contributed by atoms with E-state index in [1.54, 1.807) is 0 Å². The van der Waals surface area contributed by atoms with E-state index in [1.807, 2.05) is 35.4 Å². The summed E-state index contributed by atoms with van der Waals surface area (Å²) < 4.78 is 0. The van der Waals surface area contributed by atoms with Gasteiger partial charge in [-0.3, -0.25) is 14.6 Å². The Bertz CT molecular complexity index is 913. The first-order valence-corrected chi connectivity index (χ1v) is 11.6. The van der Waals surface area contributed by atoms with Gasteiger partial charge in [0.1, 0.15) is 5.82 Å². The second kappa shape index (κ2) is 10.4. The molecule has 0 saturated carbocycles. The first kappa shape index (κ1) is 22.7. The number of hydrogen-bond donors (Lipinski definition) is 2. The number of carbonyl (C=O) groups excluding carboxylic acids is 1. The number of hydrogen-bond acceptors (Lipinski definition) is 6. The van der Waals surface area contributed by atoms with Gasteiger partial charge in [-0.1, -0.05) is 12.1 Å². The quantitative estimate of drug-likeness (QED) is 0.722. The number of carbonyl (C=O) groups is 1. The highest BCUT2D eigenvalue weighted by Crippen LogP contribution is 2.19. The van der Waals surface area contributed by atoms with Crippen LogP contribution in [0.25, 0.3) is 0 Å². The van der Waals surface area contributed by atoms with E-state index < -0.39 is 0 Å². The highest BCUT2D eigenvalue weighted by atomic mass is 16.3. The van der Waals surface area contributed by atoms with E-state index in [1.165, 1.54) is 5.56 Å². The second-order valence-corrected chi connectivity index (χ2v) is 9.18. The van der Waals surface area contributed by atoms with E-state index in [4.69, 9.17) is 0 Å². The van der Waals surface area contributed by atoms with Crippen LogP contribution in [0.1, 0.15) is 34.3 Å². The molecule has 1 amide bonds. The van der Waals surface area contributed by atoms with Crippen molar-refractivity contribution < 1.29 is 9.90 Å². The zero-order valence-corrected chi connectivity index (χ0v) is 19.2. The van der Waals surface area contributed by atoms with Crippen LogP contribution in [0, 0.1) is 6.92 Å². The number of aryl methyl sites for hydroxylation is 1. The Morgan fingerprint density at radius 3 is 2.72 bits per heavy atom. The van der Waals surface area contributed by atoms with E-state index in [0.717, 1.165) is 69.1 Å². The average molecular weight is 438 g/mol. The number of benzene rings is 1. The van der Waals surface area contributed by atoms with Crippen molar-refractivity contribution in [2.24, 2.45) is 0 Å². The maximum Gasteiger partial charge on any atom is 0.253 e. The molecular formula is C25H35N5O2. The van der Waals surface area contributed by atoms with Gasteiger partial charge in [0, 0.05) is 63.1 Å². The average Bonchev–Trinajstić information content (AvgIpc) is 2.80. The third-order valence-corrected chi connectivity index (χ3v) is 6.70. The normalized spacial score (nSPS) is 21.0. The van der Waals surface area contributed by atoms with Gasteiger partial charge in [-0.15, -0.1) is 0 Å². The number of aliphatic hydroxyl groups is 1. The monoisotopic (exact) mass is 437 g/mol. The number of anilines is 1. The molecule has 0 radical (unpaired) electrons. The van der Waals surface area contributed by atoms with Gasteiger partial charge in [0.15, 0.2) is 0 Å². The van der Waals surface area contributed by atoms with E-state index >= 15 is 0 Å². The summed E-state index contributed by atoms with van der Waals surface area (Å²) in [5.41, 5.74) is 3.11. The number of aromatic nitrogens is 1. The molecular weight excluding hydrogens is 402 g/mol. The van der Waals surface area contributed by atoms with Gasteiger partial charge in [0.2, 0.25) is 0 Å². The van der Waals surface area contributed by atoms with Crippen molar-refractivity contribution in [3.05, 3.63) is 59.3 Å². The third kappa shape index (κ3) is 5.65. The SMILES string of the molecule is Cc1ccnc(NC2CCN(C(=O)c3cccc(CN4CCN(C)C(CO)C4)c3)CC2)c1. The molecule has 2 aromatic rings. The van der Waals surface area contributed by atoms with Crippen molar-refractivity contribution in [3.63, 3.8) is 0 Å². The molecule has 2 fully saturated rings. The summed E-state index contributed by atoms with van der Waals surface area (Å²) in [6.07, 6.45) is 3.67. The van der Waals surface area contributed by atoms with Crippen LogP contribution in [0.15, 0.2) is 42.6 Å². The third-order valence-electron chi connectivity index (χ3n) is 6.70. The highest BCUT2D eigenvalue weighted by Gasteiger charge is 2.25. The van der Waals surface area contributed by atoms with Gasteiger partial charge in [0.25, 0.3) is 5.91 Å². The Morgan fingerprint density at radius 1 is 1.16 bits per heavy atom. The number of rotatable bonds is 6. The molecule has 4 rings (SSSR count). The minimum absolute atomic E-state index is 0.116. The molecule has 0 spiro atoms. The summed E-state index contributed by atoms with van der Waals surface area (Å²) in [6, 6.07) is 12.6. The number of nitrogens with zero attached hydrogens (tertiary/aromatic N) is 4. The molecule has 0 bridgehead atoms. The second-order valence-electron chi connectivity index (χ2n) is 9.18. The number of likely N-dealkylation sites (N-methyl/N-ethyl adjacent to an activating group) is 1. The number of aliphatic hydroxyl groups excluding tert-OH is 1. The van der Waals surface area contributed by atoms with Gasteiger partial charge in [-0.2, -0.15) is 0 Å². The Morgan fingerprint density at radius 2 is 1.97 bits per heavy atom. The van der Waals surface area contributed by atoms with E-state index in [2.05, 4.69) is 46.2 Å². The van der Waals surface area contributed by atoms with Crippen molar-refractivity contribution in [3.8, 4) is 0 Å². The minimum Gasteiger partial charge on any atom is -0.395 e. The number of pyridine rings is 1. The lowest BCUT2D eigenvalue weighted by molar-refractivity contribution is 0.0539. The molecule has 1 aromatic carbocycles. The van der Waals surface area contributed by atoms with Gasteiger partial charge < -0.3 is 15.3 Å². The van der Waals surface area contributed by atoms with E-state index in [9.17, 15) is 9.90 Å². The van der Waals surface area contributed by atoms with Gasteiger partial charge in [0.05, 0.1) is 6.61 Å². The topological polar surface area (TPSA) is 71.9 Å². The Kier molecular flexibility index (Phi) is 7.40. The first-order chi connectivity index (χ1) is 15.5. The minimum atomic E-state index is 0.116. The molecule has 2 aliphatic rings. The Labute approximate surface area is 191 Å². The largest absolute Gasteiger partial charge is 0.395 e. The maximum absolute atomic E-state index is 13.1. The van der Waals surface area contributed by atoms with Gasteiger partial charge in [-0.05, 0) is 62.2 Å². The smallest absolute Gasteiger partial charge is 0.253 e. The molecule has 2 saturated heterocycles. The van der Waals surface area contributed by atoms with Crippen LogP contribution in [0.3, 0.4) is 0 Å². The van der Waals surface area contributed by atoms with Crippen LogP contribution in [0.4, 0.5) is 5.82 Å². The first-order valence-electron chi connectivity index (χ1n) is 11.6. The summed E-state index contributed by atoms with van der Waals surface area (Å²) >= 11 is 0. The van der Waals surface area contributed by atoms with Crippen LogP contribution in [0.5, 0.6) is 0 Å². The lowest BCUT2D eigenvalue weighted by Gasteiger charge is -2.38. The molecule has 7 nitrogen and oxygen atoms in total. The molecule has 2 N–H and O–H groups in total. The van der Waals surface area contributed by atoms with Crippen molar-refractivity contribution in [1.82, 2.24) is 19.7 Å². The van der Waals surface area contributed by atoms with Crippen LogP contribution >= 0.6 is 0 Å². The lowest BCUT2D eigenvalue weighted by atomic mass is 10.0. The molecule has 32 heavy (non-hydrogen) atoms. The van der Waals surface area contributed by atoms with E-state index in [0.29, 0.717) is 6.04 Å². The Balaban J connectivity index is 1.31. The zero-order valence-electron chi connectivity index (χ0n) is 19.2. The van der Waals surface area contributed by atoms with Crippen LogP contribution < -0.4 is 5.32 Å². The predicted octanol–water partition coefficient (Wildman–Crippen LogP) is 2.22. The number of nitrogens with one attached hydrogen (secondary N) is 1. The van der Waals surface area contributed by atoms with Crippen LogP contribution in [0.2, 0.25) is 0 Å². The molecule has 1 unspecified atom stereocenters. The number of piperidine rings is 1. The number of likely N-dealkylation sites (tertiary alicyclic amines) is 1. The van der Waals surface area contributed by atoms with Crippen molar-refractivity contribution in [1.29, 1.82) is 0 Å². The fourth-order valence-electron chi connectivity index (χ4n) is 4.65. The molecule has 3 heterocycles. The predicted molar refractivity (Wildman–Crippen MR) is 127 cm³/mol. The van der Waals surface area contributed by atoms with Crippen LogP contribution in [-0.4, -0.2) is 89.2 Å². The molecule has 7 heteroatoms. The number of piperazine rings is 1. The molecule has 1 atom stereocenters.